The third kappa shape index (κ3) is 3.95. The molecule has 3 N–H and O–H groups in total. The minimum atomic E-state index is -0.287. The zero-order chi connectivity index (χ0) is 14.5. The molecule has 1 saturated heterocycles. The maximum atomic E-state index is 12.2. The largest absolute Gasteiger partial charge is 0.364 e. The van der Waals surface area contributed by atoms with E-state index in [1.165, 1.54) is 32.1 Å². The van der Waals surface area contributed by atoms with Gasteiger partial charge in [-0.2, -0.15) is 0 Å². The number of carbonyl (C=O) groups is 1. The first-order valence-electron chi connectivity index (χ1n) is 8.27. The van der Waals surface area contributed by atoms with Crippen molar-refractivity contribution in [1.82, 2.24) is 5.32 Å². The van der Waals surface area contributed by atoms with Crippen LogP contribution in [0.1, 0.15) is 58.8 Å². The summed E-state index contributed by atoms with van der Waals surface area (Å²) in [5, 5.41) is 3.16. The molecule has 1 aliphatic heterocycles. The highest BCUT2D eigenvalue weighted by Gasteiger charge is 2.32. The molecule has 1 saturated carbocycles. The lowest BCUT2D eigenvalue weighted by molar-refractivity contribution is -0.133. The minimum Gasteiger partial charge on any atom is -0.364 e. The summed E-state index contributed by atoms with van der Waals surface area (Å²) < 4.78 is 5.66. The molecule has 4 heteroatoms. The van der Waals surface area contributed by atoms with E-state index in [-0.39, 0.29) is 24.2 Å². The first-order chi connectivity index (χ1) is 9.61. The minimum absolute atomic E-state index is 0.0520. The second kappa shape index (κ2) is 7.41. The normalized spacial score (nSPS) is 30.9. The number of hydrogen-bond acceptors (Lipinski definition) is 3. The number of nitrogens with two attached hydrogens (primary N) is 1. The van der Waals surface area contributed by atoms with E-state index >= 15 is 0 Å². The molecule has 1 amide bonds. The quantitative estimate of drug-likeness (QED) is 0.812. The molecule has 0 aromatic rings. The highest BCUT2D eigenvalue weighted by Crippen LogP contribution is 2.31. The maximum absolute atomic E-state index is 12.2. The van der Waals surface area contributed by atoms with Crippen LogP contribution in [0.2, 0.25) is 0 Å². The van der Waals surface area contributed by atoms with E-state index in [4.69, 9.17) is 10.5 Å². The van der Waals surface area contributed by atoms with Crippen LogP contribution in [-0.2, 0) is 9.53 Å². The summed E-state index contributed by atoms with van der Waals surface area (Å²) in [5.41, 5.74) is 5.59. The van der Waals surface area contributed by atoms with Gasteiger partial charge in [-0.1, -0.05) is 39.0 Å². The highest BCUT2D eigenvalue weighted by molar-refractivity contribution is 5.81. The summed E-state index contributed by atoms with van der Waals surface area (Å²) in [4.78, 5) is 12.2. The fourth-order valence-electron chi connectivity index (χ4n) is 3.59. The summed E-state index contributed by atoms with van der Waals surface area (Å²) in [6, 6.07) is 0.228. The standard InChI is InChI=1S/C16H30N2O2/c1-11(13-6-4-3-5-7-13)12(2)18-16(19)15-9-8-14(10-17)20-15/h11-15H,3-10,17H2,1-2H3,(H,18,19)/t11?,12?,14-,15+/m1/s1. The average Bonchev–Trinajstić information content (AvgIpc) is 2.96. The summed E-state index contributed by atoms with van der Waals surface area (Å²) in [6.45, 7) is 4.92. The summed E-state index contributed by atoms with van der Waals surface area (Å²) >= 11 is 0. The Morgan fingerprint density at radius 2 is 1.90 bits per heavy atom. The molecule has 4 atom stereocenters. The molecule has 1 aliphatic carbocycles. The van der Waals surface area contributed by atoms with Crippen molar-refractivity contribution >= 4 is 5.91 Å². The molecule has 2 unspecified atom stereocenters. The van der Waals surface area contributed by atoms with Gasteiger partial charge in [-0.05, 0) is 31.6 Å². The molecule has 0 aromatic carbocycles. The Kier molecular flexibility index (Phi) is 5.85. The smallest absolute Gasteiger partial charge is 0.249 e. The van der Waals surface area contributed by atoms with E-state index in [1.54, 1.807) is 0 Å². The van der Waals surface area contributed by atoms with E-state index in [0.717, 1.165) is 18.8 Å². The van der Waals surface area contributed by atoms with Crippen molar-refractivity contribution in [3.8, 4) is 0 Å². The predicted molar refractivity (Wildman–Crippen MR) is 80.3 cm³/mol. The number of rotatable bonds is 5. The van der Waals surface area contributed by atoms with Crippen LogP contribution in [-0.4, -0.2) is 30.7 Å². The van der Waals surface area contributed by atoms with Crippen LogP contribution in [0.4, 0.5) is 0 Å². The van der Waals surface area contributed by atoms with Crippen LogP contribution in [0.5, 0.6) is 0 Å². The van der Waals surface area contributed by atoms with Gasteiger partial charge in [0, 0.05) is 12.6 Å². The van der Waals surface area contributed by atoms with Crippen molar-refractivity contribution in [3.63, 3.8) is 0 Å². The van der Waals surface area contributed by atoms with Crippen LogP contribution in [0, 0.1) is 11.8 Å². The van der Waals surface area contributed by atoms with Gasteiger partial charge in [-0.3, -0.25) is 4.79 Å². The summed E-state index contributed by atoms with van der Waals surface area (Å²) in [7, 11) is 0. The molecule has 2 rings (SSSR count). The topological polar surface area (TPSA) is 64.4 Å². The van der Waals surface area contributed by atoms with E-state index in [1.807, 2.05) is 0 Å². The molecular weight excluding hydrogens is 252 g/mol. The second-order valence-electron chi connectivity index (χ2n) is 6.61. The molecule has 2 fully saturated rings. The molecular formula is C16H30N2O2. The Labute approximate surface area is 122 Å². The summed E-state index contributed by atoms with van der Waals surface area (Å²) in [6.07, 6.45) is 8.19. The molecule has 0 aromatic heterocycles. The van der Waals surface area contributed by atoms with Gasteiger partial charge >= 0.3 is 0 Å². The molecule has 0 spiro atoms. The van der Waals surface area contributed by atoms with Crippen molar-refractivity contribution < 1.29 is 9.53 Å². The molecule has 4 nitrogen and oxygen atoms in total. The first-order valence-corrected chi connectivity index (χ1v) is 8.27. The molecule has 0 radical (unpaired) electrons. The van der Waals surface area contributed by atoms with Crippen LogP contribution >= 0.6 is 0 Å². The zero-order valence-corrected chi connectivity index (χ0v) is 12.9. The number of carbonyl (C=O) groups excluding carboxylic acids is 1. The van der Waals surface area contributed by atoms with Crippen LogP contribution < -0.4 is 11.1 Å². The van der Waals surface area contributed by atoms with Gasteiger partial charge < -0.3 is 15.8 Å². The van der Waals surface area contributed by atoms with Gasteiger partial charge in [0.1, 0.15) is 6.10 Å². The molecule has 2 aliphatic rings. The monoisotopic (exact) mass is 282 g/mol. The number of amides is 1. The van der Waals surface area contributed by atoms with Gasteiger partial charge in [-0.15, -0.1) is 0 Å². The van der Waals surface area contributed by atoms with E-state index in [2.05, 4.69) is 19.2 Å². The second-order valence-corrected chi connectivity index (χ2v) is 6.61. The number of hydrogen-bond donors (Lipinski definition) is 2. The van der Waals surface area contributed by atoms with E-state index in [9.17, 15) is 4.79 Å². The van der Waals surface area contributed by atoms with Gasteiger partial charge in [0.25, 0.3) is 0 Å². The molecule has 0 bridgehead atoms. The number of nitrogens with one attached hydrogen (secondary N) is 1. The van der Waals surface area contributed by atoms with Gasteiger partial charge in [-0.25, -0.2) is 0 Å². The Balaban J connectivity index is 1.78. The first kappa shape index (κ1) is 15.8. The maximum Gasteiger partial charge on any atom is 0.249 e. The van der Waals surface area contributed by atoms with Gasteiger partial charge in [0.2, 0.25) is 5.91 Å². The highest BCUT2D eigenvalue weighted by atomic mass is 16.5. The average molecular weight is 282 g/mol. The third-order valence-corrected chi connectivity index (χ3v) is 5.21. The fourth-order valence-corrected chi connectivity index (χ4v) is 3.59. The van der Waals surface area contributed by atoms with Gasteiger partial charge in [0.05, 0.1) is 6.10 Å². The Bertz CT molecular complexity index is 316. The zero-order valence-electron chi connectivity index (χ0n) is 12.9. The predicted octanol–water partition coefficient (Wildman–Crippen LogP) is 2.21. The van der Waals surface area contributed by atoms with Crippen molar-refractivity contribution in [2.75, 3.05) is 6.54 Å². The molecule has 20 heavy (non-hydrogen) atoms. The number of ether oxygens (including phenoxy) is 1. The van der Waals surface area contributed by atoms with Gasteiger partial charge in [0.15, 0.2) is 0 Å². The van der Waals surface area contributed by atoms with Crippen LogP contribution in [0.3, 0.4) is 0 Å². The van der Waals surface area contributed by atoms with E-state index < -0.39 is 0 Å². The lowest BCUT2D eigenvalue weighted by Gasteiger charge is -2.32. The lowest BCUT2D eigenvalue weighted by atomic mass is 9.78. The third-order valence-electron chi connectivity index (χ3n) is 5.21. The van der Waals surface area contributed by atoms with Crippen molar-refractivity contribution in [3.05, 3.63) is 0 Å². The Hall–Kier alpha value is -0.610. The van der Waals surface area contributed by atoms with Crippen molar-refractivity contribution in [2.24, 2.45) is 17.6 Å². The summed E-state index contributed by atoms with van der Waals surface area (Å²) in [5.74, 6) is 1.36. The van der Waals surface area contributed by atoms with Crippen molar-refractivity contribution in [1.29, 1.82) is 0 Å². The Morgan fingerprint density at radius 1 is 1.20 bits per heavy atom. The molecule has 1 heterocycles. The SMILES string of the molecule is CC(NC(=O)[C@@H]1CC[C@H](CN)O1)C(C)C1CCCCC1. The lowest BCUT2D eigenvalue weighted by Crippen LogP contribution is -2.45. The fraction of sp³-hybridized carbons (Fsp3) is 0.938. The molecule has 116 valence electrons. The van der Waals surface area contributed by atoms with Crippen LogP contribution in [0.25, 0.3) is 0 Å². The Morgan fingerprint density at radius 3 is 2.50 bits per heavy atom. The van der Waals surface area contributed by atoms with Crippen LogP contribution in [0.15, 0.2) is 0 Å². The van der Waals surface area contributed by atoms with Crippen molar-refractivity contribution in [2.45, 2.75) is 77.0 Å². The van der Waals surface area contributed by atoms with E-state index in [0.29, 0.717) is 12.5 Å².